The second-order valence-electron chi connectivity index (χ2n) is 9.22. The predicted molar refractivity (Wildman–Crippen MR) is 151 cm³/mol. The fraction of sp³-hybridized carbons (Fsp3) is 0.393. The van der Waals surface area contributed by atoms with Crippen molar-refractivity contribution in [3.05, 3.63) is 59.1 Å². The van der Waals surface area contributed by atoms with E-state index in [4.69, 9.17) is 9.47 Å². The van der Waals surface area contributed by atoms with E-state index in [9.17, 15) is 13.7 Å². The number of hydrogen-bond donors (Lipinski definition) is 2. The maximum Gasteiger partial charge on any atom is 0.250 e. The number of morpholine rings is 1. The van der Waals surface area contributed by atoms with Crippen molar-refractivity contribution in [2.45, 2.75) is 6.42 Å². The Balaban J connectivity index is 1.46. The highest BCUT2D eigenvalue weighted by Crippen LogP contribution is 2.28. The van der Waals surface area contributed by atoms with Gasteiger partial charge in [-0.2, -0.15) is 5.26 Å². The van der Waals surface area contributed by atoms with Crippen molar-refractivity contribution in [2.75, 3.05) is 65.0 Å². The van der Waals surface area contributed by atoms with E-state index in [1.165, 1.54) is 6.08 Å². The Morgan fingerprint density at radius 3 is 2.63 bits per heavy atom. The van der Waals surface area contributed by atoms with E-state index >= 15 is 0 Å². The van der Waals surface area contributed by atoms with Crippen molar-refractivity contribution < 1.29 is 17.9 Å². The summed E-state index contributed by atoms with van der Waals surface area (Å²) in [6, 6.07) is 18.2. The van der Waals surface area contributed by atoms with Crippen LogP contribution in [-0.4, -0.2) is 77.5 Å². The Morgan fingerprint density at radius 1 is 1.11 bits per heavy atom. The van der Waals surface area contributed by atoms with Gasteiger partial charge in [-0.05, 0) is 59.2 Å². The average Bonchev–Trinajstić information content (AvgIpc) is 3.29. The molecule has 10 heteroatoms. The van der Waals surface area contributed by atoms with Gasteiger partial charge in [0.25, 0.3) is 10.0 Å². The first-order chi connectivity index (χ1) is 18.4. The molecule has 2 N–H and O–H groups in total. The van der Waals surface area contributed by atoms with Gasteiger partial charge in [-0.25, -0.2) is 13.1 Å². The fourth-order valence-electron chi connectivity index (χ4n) is 4.47. The maximum absolute atomic E-state index is 12.6. The van der Waals surface area contributed by atoms with Gasteiger partial charge in [-0.15, -0.1) is 0 Å². The lowest BCUT2D eigenvalue weighted by atomic mass is 10.0. The van der Waals surface area contributed by atoms with Crippen molar-refractivity contribution in [1.29, 1.82) is 5.26 Å². The van der Waals surface area contributed by atoms with Crippen LogP contribution in [0.2, 0.25) is 0 Å². The summed E-state index contributed by atoms with van der Waals surface area (Å²) in [5, 5.41) is 15.3. The van der Waals surface area contributed by atoms with Crippen LogP contribution in [0.5, 0.6) is 0 Å². The molecule has 0 spiro atoms. The number of rotatable bonds is 12. The number of aromatic nitrogens is 1. The van der Waals surface area contributed by atoms with Crippen LogP contribution < -0.4 is 10.0 Å². The normalized spacial score (nSPS) is 15.0. The van der Waals surface area contributed by atoms with Crippen LogP contribution in [-0.2, 0) is 26.5 Å². The van der Waals surface area contributed by atoms with Crippen molar-refractivity contribution in [3.63, 3.8) is 0 Å². The zero-order valence-corrected chi connectivity index (χ0v) is 22.8. The molecule has 1 aliphatic heterocycles. The van der Waals surface area contributed by atoms with Gasteiger partial charge in [0.1, 0.15) is 6.07 Å². The topological polar surface area (TPSA) is 109 Å². The van der Waals surface area contributed by atoms with E-state index in [1.54, 1.807) is 7.11 Å². The van der Waals surface area contributed by atoms with Crippen LogP contribution in [0.1, 0.15) is 12.1 Å². The van der Waals surface area contributed by atoms with Gasteiger partial charge in [-0.3, -0.25) is 4.90 Å². The van der Waals surface area contributed by atoms with Crippen molar-refractivity contribution in [2.24, 2.45) is 7.05 Å². The molecule has 9 nitrogen and oxygen atoms in total. The van der Waals surface area contributed by atoms with Crippen LogP contribution in [0.3, 0.4) is 0 Å². The third kappa shape index (κ3) is 7.01. The lowest BCUT2D eigenvalue weighted by Crippen LogP contribution is -2.38. The molecule has 38 heavy (non-hydrogen) atoms. The van der Waals surface area contributed by atoms with Gasteiger partial charge in [-0.1, -0.05) is 18.2 Å². The summed E-state index contributed by atoms with van der Waals surface area (Å²) in [7, 11) is -0.485. The number of methoxy groups -OCH3 is 1. The predicted octanol–water partition coefficient (Wildman–Crippen LogP) is 3.41. The van der Waals surface area contributed by atoms with Crippen LogP contribution in [0.4, 0.5) is 5.69 Å². The molecule has 0 atom stereocenters. The average molecular weight is 538 g/mol. The van der Waals surface area contributed by atoms with Crippen molar-refractivity contribution >= 4 is 32.6 Å². The first-order valence-corrected chi connectivity index (χ1v) is 14.2. The molecule has 0 aliphatic carbocycles. The monoisotopic (exact) mass is 537 g/mol. The molecular weight excluding hydrogens is 502 g/mol. The minimum Gasteiger partial charge on any atom is -0.385 e. The van der Waals surface area contributed by atoms with Gasteiger partial charge in [0.2, 0.25) is 0 Å². The Kier molecular flexibility index (Phi) is 9.55. The number of sulfonamides is 1. The summed E-state index contributed by atoms with van der Waals surface area (Å²) in [5.41, 5.74) is 3.64. The summed E-state index contributed by atoms with van der Waals surface area (Å²) in [6.07, 6.45) is 1.93. The van der Waals surface area contributed by atoms with E-state index in [0.717, 1.165) is 67.1 Å². The number of anilines is 1. The molecule has 1 fully saturated rings. The molecular formula is C28H35N5O4S. The second-order valence-corrected chi connectivity index (χ2v) is 11.0. The maximum atomic E-state index is 12.6. The second kappa shape index (κ2) is 13.0. The van der Waals surface area contributed by atoms with Crippen molar-refractivity contribution in [3.8, 4) is 17.3 Å². The summed E-state index contributed by atoms with van der Waals surface area (Å²) in [5.74, 6) is 0. The minimum absolute atomic E-state index is 0.204. The SMILES string of the molecule is COCCCNS(=O)(=O)/C(C#N)=C/c1ccc(-c2ccc3cc(NCCN4CCOCC4)ccc3c2)n1C. The molecule has 0 unspecified atom stereocenters. The van der Waals surface area contributed by atoms with E-state index in [-0.39, 0.29) is 11.4 Å². The Bertz CT molecular complexity index is 1420. The van der Waals surface area contributed by atoms with Gasteiger partial charge in [0.05, 0.1) is 13.2 Å². The number of allylic oxidation sites excluding steroid dienone is 1. The number of ether oxygens (including phenoxy) is 2. The van der Waals surface area contributed by atoms with Gasteiger partial charge >= 0.3 is 0 Å². The summed E-state index contributed by atoms with van der Waals surface area (Å²) < 4.78 is 39.8. The van der Waals surface area contributed by atoms with Gasteiger partial charge in [0, 0.05) is 70.6 Å². The highest BCUT2D eigenvalue weighted by atomic mass is 32.2. The highest BCUT2D eigenvalue weighted by molar-refractivity contribution is 7.93. The van der Waals surface area contributed by atoms with Crippen LogP contribution in [0.15, 0.2) is 53.4 Å². The summed E-state index contributed by atoms with van der Waals surface area (Å²) in [4.78, 5) is 2.08. The first-order valence-electron chi connectivity index (χ1n) is 12.8. The van der Waals surface area contributed by atoms with Crippen molar-refractivity contribution in [1.82, 2.24) is 14.2 Å². The number of hydrogen-bond acceptors (Lipinski definition) is 7. The molecule has 3 aromatic rings. The van der Waals surface area contributed by atoms with E-state index in [2.05, 4.69) is 51.3 Å². The zero-order chi connectivity index (χ0) is 27.0. The number of nitrogens with zero attached hydrogens (tertiary/aromatic N) is 3. The quantitative estimate of drug-likeness (QED) is 0.269. The molecule has 202 valence electrons. The third-order valence-electron chi connectivity index (χ3n) is 6.65. The molecule has 0 radical (unpaired) electrons. The summed E-state index contributed by atoms with van der Waals surface area (Å²) >= 11 is 0. The lowest BCUT2D eigenvalue weighted by molar-refractivity contribution is 0.0398. The fourth-order valence-corrected chi connectivity index (χ4v) is 5.43. The van der Waals surface area contributed by atoms with E-state index in [1.807, 2.05) is 29.8 Å². The summed E-state index contributed by atoms with van der Waals surface area (Å²) in [6.45, 7) is 6.10. The molecule has 0 amide bonds. The number of nitriles is 1. The van der Waals surface area contributed by atoms with Gasteiger partial charge < -0.3 is 19.4 Å². The third-order valence-corrected chi connectivity index (χ3v) is 8.03. The molecule has 0 bridgehead atoms. The zero-order valence-electron chi connectivity index (χ0n) is 21.9. The van der Waals surface area contributed by atoms with Crippen LogP contribution in [0.25, 0.3) is 28.1 Å². The Hall–Kier alpha value is -3.20. The Morgan fingerprint density at radius 2 is 1.87 bits per heavy atom. The first kappa shape index (κ1) is 27.8. The standard InChI is InChI=1S/C28H35N5O4S/c1-32-26(20-27(21-29)38(34,35)31-10-3-15-36-2)8-9-28(32)24-5-4-23-19-25(7-6-22(23)18-24)30-11-12-33-13-16-37-17-14-33/h4-9,18-20,30-31H,3,10-17H2,1-2H3/b27-20+. The van der Waals surface area contributed by atoms with Crippen LogP contribution in [0, 0.1) is 11.3 Å². The molecule has 1 aliphatic rings. The molecule has 2 aromatic carbocycles. The molecule has 2 heterocycles. The molecule has 4 rings (SSSR count). The molecule has 1 saturated heterocycles. The smallest absolute Gasteiger partial charge is 0.250 e. The Labute approximate surface area is 224 Å². The molecule has 0 saturated carbocycles. The lowest BCUT2D eigenvalue weighted by Gasteiger charge is -2.26. The molecule has 1 aromatic heterocycles. The number of benzene rings is 2. The van der Waals surface area contributed by atoms with Gasteiger partial charge in [0.15, 0.2) is 4.91 Å². The largest absolute Gasteiger partial charge is 0.385 e. The number of nitrogens with one attached hydrogen (secondary N) is 2. The minimum atomic E-state index is -3.90. The van der Waals surface area contributed by atoms with Crippen LogP contribution >= 0.6 is 0 Å². The van der Waals surface area contributed by atoms with E-state index < -0.39 is 10.0 Å². The number of fused-ring (bicyclic) bond motifs is 1. The highest BCUT2D eigenvalue weighted by Gasteiger charge is 2.18. The van der Waals surface area contributed by atoms with E-state index in [0.29, 0.717) is 18.7 Å².